The molecule has 2 N–H and O–H groups in total. The lowest BCUT2D eigenvalue weighted by Crippen LogP contribution is -2.02. The highest BCUT2D eigenvalue weighted by Gasteiger charge is 2.05. The van der Waals surface area contributed by atoms with Crippen molar-refractivity contribution in [2.45, 2.75) is 6.92 Å². The smallest absolute Gasteiger partial charge is 0.229 e. The Morgan fingerprint density at radius 2 is 1.75 bits per heavy atom. The SMILES string of the molecule is Cc1cc(Nc2ccc(C#N)cc2)nc(Nc2ccccc2Br)n1. The fraction of sp³-hybridized carbons (Fsp3) is 0.0556. The van der Waals surface area contributed by atoms with Gasteiger partial charge in [-0.2, -0.15) is 10.2 Å². The fourth-order valence-corrected chi connectivity index (χ4v) is 2.53. The number of rotatable bonds is 4. The molecule has 0 aliphatic rings. The number of hydrogen-bond donors (Lipinski definition) is 2. The minimum atomic E-state index is 0.512. The van der Waals surface area contributed by atoms with E-state index in [0.717, 1.165) is 21.5 Å². The predicted molar refractivity (Wildman–Crippen MR) is 98.6 cm³/mol. The number of benzene rings is 2. The number of para-hydroxylation sites is 1. The van der Waals surface area contributed by atoms with Crippen LogP contribution < -0.4 is 10.6 Å². The topological polar surface area (TPSA) is 73.6 Å². The Bertz CT molecular complexity index is 900. The van der Waals surface area contributed by atoms with Crippen LogP contribution in [-0.4, -0.2) is 9.97 Å². The molecule has 0 fully saturated rings. The fourth-order valence-electron chi connectivity index (χ4n) is 2.15. The highest BCUT2D eigenvalue weighted by Crippen LogP contribution is 2.25. The molecule has 6 heteroatoms. The van der Waals surface area contributed by atoms with Gasteiger partial charge < -0.3 is 10.6 Å². The maximum Gasteiger partial charge on any atom is 0.229 e. The van der Waals surface area contributed by atoms with Gasteiger partial charge in [0.15, 0.2) is 0 Å². The number of aryl methyl sites for hydroxylation is 1. The second-order valence-corrected chi connectivity index (χ2v) is 5.99. The number of nitrogens with zero attached hydrogens (tertiary/aromatic N) is 3. The van der Waals surface area contributed by atoms with Crippen molar-refractivity contribution in [3.63, 3.8) is 0 Å². The molecule has 0 spiro atoms. The summed E-state index contributed by atoms with van der Waals surface area (Å²) in [6.07, 6.45) is 0. The Hall–Kier alpha value is -2.91. The van der Waals surface area contributed by atoms with Crippen LogP contribution in [0.25, 0.3) is 0 Å². The standard InChI is InChI=1S/C18H14BrN5/c1-12-10-17(22-14-8-6-13(11-20)7-9-14)24-18(21-12)23-16-5-3-2-4-15(16)19/h2-10H,1H3,(H2,21,22,23,24). The number of aromatic nitrogens is 2. The van der Waals surface area contributed by atoms with E-state index in [9.17, 15) is 0 Å². The van der Waals surface area contributed by atoms with Gasteiger partial charge in [0, 0.05) is 21.9 Å². The molecule has 3 rings (SSSR count). The van der Waals surface area contributed by atoms with E-state index >= 15 is 0 Å². The van der Waals surface area contributed by atoms with Crippen LogP contribution in [0, 0.1) is 18.3 Å². The summed E-state index contributed by atoms with van der Waals surface area (Å²) >= 11 is 3.50. The number of nitriles is 1. The van der Waals surface area contributed by atoms with Crippen LogP contribution in [0.4, 0.5) is 23.1 Å². The van der Waals surface area contributed by atoms with Crippen molar-refractivity contribution in [3.8, 4) is 6.07 Å². The summed E-state index contributed by atoms with van der Waals surface area (Å²) in [6.45, 7) is 1.91. The zero-order valence-electron chi connectivity index (χ0n) is 12.9. The van der Waals surface area contributed by atoms with Gasteiger partial charge in [-0.3, -0.25) is 0 Å². The maximum atomic E-state index is 8.85. The molecule has 0 aliphatic heterocycles. The summed E-state index contributed by atoms with van der Waals surface area (Å²) < 4.78 is 0.941. The van der Waals surface area contributed by atoms with E-state index in [2.05, 4.69) is 42.6 Å². The third-order valence-corrected chi connectivity index (χ3v) is 3.95. The quantitative estimate of drug-likeness (QED) is 0.673. The van der Waals surface area contributed by atoms with Gasteiger partial charge in [-0.1, -0.05) is 12.1 Å². The van der Waals surface area contributed by atoms with Crippen LogP contribution in [-0.2, 0) is 0 Å². The minimum absolute atomic E-state index is 0.512. The Balaban J connectivity index is 1.83. The van der Waals surface area contributed by atoms with E-state index < -0.39 is 0 Å². The molecule has 0 saturated carbocycles. The molecule has 24 heavy (non-hydrogen) atoms. The number of hydrogen-bond acceptors (Lipinski definition) is 5. The van der Waals surface area contributed by atoms with Crippen molar-refractivity contribution >= 4 is 39.1 Å². The lowest BCUT2D eigenvalue weighted by Gasteiger charge is -2.11. The molecule has 118 valence electrons. The minimum Gasteiger partial charge on any atom is -0.340 e. The van der Waals surface area contributed by atoms with Crippen molar-refractivity contribution in [1.29, 1.82) is 5.26 Å². The van der Waals surface area contributed by atoms with Crippen LogP contribution in [0.5, 0.6) is 0 Å². The van der Waals surface area contributed by atoms with Crippen LogP contribution in [0.15, 0.2) is 59.1 Å². The van der Waals surface area contributed by atoms with Gasteiger partial charge in [-0.25, -0.2) is 4.98 Å². The van der Waals surface area contributed by atoms with Gasteiger partial charge in [0.1, 0.15) is 5.82 Å². The Morgan fingerprint density at radius 3 is 2.46 bits per heavy atom. The van der Waals surface area contributed by atoms with E-state index in [1.807, 2.05) is 49.4 Å². The summed E-state index contributed by atoms with van der Waals surface area (Å²) in [4.78, 5) is 8.90. The molecule has 0 atom stereocenters. The number of halogens is 1. The first-order chi connectivity index (χ1) is 11.6. The summed E-state index contributed by atoms with van der Waals surface area (Å²) in [5, 5.41) is 15.3. The van der Waals surface area contributed by atoms with E-state index in [1.54, 1.807) is 12.1 Å². The van der Waals surface area contributed by atoms with Crippen LogP contribution in [0.3, 0.4) is 0 Å². The molecule has 1 aromatic heterocycles. The highest BCUT2D eigenvalue weighted by molar-refractivity contribution is 9.10. The summed E-state index contributed by atoms with van der Waals surface area (Å²) in [6, 6.07) is 19.0. The Morgan fingerprint density at radius 1 is 1.00 bits per heavy atom. The van der Waals surface area contributed by atoms with Crippen LogP contribution in [0.1, 0.15) is 11.3 Å². The first-order valence-electron chi connectivity index (χ1n) is 7.28. The van der Waals surface area contributed by atoms with Gasteiger partial charge in [0.25, 0.3) is 0 Å². The molecule has 0 radical (unpaired) electrons. The third-order valence-electron chi connectivity index (χ3n) is 3.26. The summed E-state index contributed by atoms with van der Waals surface area (Å²) in [7, 11) is 0. The van der Waals surface area contributed by atoms with Crippen LogP contribution >= 0.6 is 15.9 Å². The zero-order valence-corrected chi connectivity index (χ0v) is 14.5. The van der Waals surface area contributed by atoms with Crippen molar-refractivity contribution < 1.29 is 0 Å². The first-order valence-corrected chi connectivity index (χ1v) is 8.08. The monoisotopic (exact) mass is 379 g/mol. The average molecular weight is 380 g/mol. The second-order valence-electron chi connectivity index (χ2n) is 5.14. The van der Waals surface area contributed by atoms with Crippen LogP contribution in [0.2, 0.25) is 0 Å². The van der Waals surface area contributed by atoms with Crippen molar-refractivity contribution in [1.82, 2.24) is 9.97 Å². The number of nitrogens with one attached hydrogen (secondary N) is 2. The molecule has 1 heterocycles. The van der Waals surface area contributed by atoms with Gasteiger partial charge in [-0.05, 0) is 59.3 Å². The first kappa shape index (κ1) is 16.0. The lowest BCUT2D eigenvalue weighted by atomic mass is 10.2. The van der Waals surface area contributed by atoms with Gasteiger partial charge in [0.05, 0.1) is 17.3 Å². The average Bonchev–Trinajstić information content (AvgIpc) is 2.57. The normalized spacial score (nSPS) is 10.0. The number of anilines is 4. The van der Waals surface area contributed by atoms with E-state index in [0.29, 0.717) is 17.3 Å². The maximum absolute atomic E-state index is 8.85. The van der Waals surface area contributed by atoms with Crippen molar-refractivity contribution in [3.05, 3.63) is 70.3 Å². The highest BCUT2D eigenvalue weighted by atomic mass is 79.9. The molecule has 0 amide bonds. The van der Waals surface area contributed by atoms with E-state index in [-0.39, 0.29) is 0 Å². The Kier molecular flexibility index (Phi) is 4.73. The molecular weight excluding hydrogens is 366 g/mol. The van der Waals surface area contributed by atoms with E-state index in [4.69, 9.17) is 5.26 Å². The summed E-state index contributed by atoms with van der Waals surface area (Å²) in [5.74, 6) is 1.19. The van der Waals surface area contributed by atoms with Crippen molar-refractivity contribution in [2.75, 3.05) is 10.6 Å². The molecule has 5 nitrogen and oxygen atoms in total. The molecule has 0 aliphatic carbocycles. The largest absolute Gasteiger partial charge is 0.340 e. The third kappa shape index (κ3) is 3.89. The van der Waals surface area contributed by atoms with E-state index in [1.165, 1.54) is 0 Å². The molecule has 2 aromatic carbocycles. The molecule has 0 saturated heterocycles. The van der Waals surface area contributed by atoms with Gasteiger partial charge in [-0.15, -0.1) is 0 Å². The lowest BCUT2D eigenvalue weighted by molar-refractivity contribution is 1.11. The van der Waals surface area contributed by atoms with Gasteiger partial charge >= 0.3 is 0 Å². The molecular formula is C18H14BrN5. The molecule has 0 bridgehead atoms. The second kappa shape index (κ2) is 7.11. The van der Waals surface area contributed by atoms with Crippen molar-refractivity contribution in [2.24, 2.45) is 0 Å². The molecule has 3 aromatic rings. The molecule has 0 unspecified atom stereocenters. The Labute approximate surface area is 148 Å². The summed E-state index contributed by atoms with van der Waals surface area (Å²) in [5.41, 5.74) is 3.22. The predicted octanol–water partition coefficient (Wildman–Crippen LogP) is 4.91. The van der Waals surface area contributed by atoms with Gasteiger partial charge in [0.2, 0.25) is 5.95 Å². The zero-order chi connectivity index (χ0) is 16.9.